The van der Waals surface area contributed by atoms with Crippen LogP contribution in [-0.4, -0.2) is 16.1 Å². The summed E-state index contributed by atoms with van der Waals surface area (Å²) in [4.78, 5) is 16.7. The minimum absolute atomic E-state index is 0.154. The second-order valence-electron chi connectivity index (χ2n) is 4.85. The highest BCUT2D eigenvalue weighted by Gasteiger charge is 2.17. The Kier molecular flexibility index (Phi) is 4.84. The van der Waals surface area contributed by atoms with E-state index < -0.39 is 0 Å². The minimum Gasteiger partial charge on any atom is -0.325 e. The number of benzene rings is 2. The lowest BCUT2D eigenvalue weighted by molar-refractivity contribution is -0.115. The van der Waals surface area contributed by atoms with Gasteiger partial charge in [-0.2, -0.15) is 0 Å². The summed E-state index contributed by atoms with van der Waals surface area (Å²) in [6.45, 7) is 1.81. The molecule has 1 N–H and O–H groups in total. The van der Waals surface area contributed by atoms with Crippen molar-refractivity contribution in [2.24, 2.45) is 0 Å². The summed E-state index contributed by atoms with van der Waals surface area (Å²) in [6, 6.07) is 11.2. The van der Waals surface area contributed by atoms with Gasteiger partial charge in [0.1, 0.15) is 5.82 Å². The topological polar surface area (TPSA) is 42.0 Å². The third kappa shape index (κ3) is 4.02. The van der Waals surface area contributed by atoms with E-state index in [-0.39, 0.29) is 17.0 Å². The van der Waals surface area contributed by atoms with E-state index in [1.807, 2.05) is 19.1 Å². The van der Waals surface area contributed by atoms with Crippen molar-refractivity contribution >= 4 is 56.5 Å². The molecule has 0 fully saturated rings. The Morgan fingerprint density at radius 3 is 2.78 bits per heavy atom. The molecule has 0 bridgehead atoms. The van der Waals surface area contributed by atoms with Gasteiger partial charge in [-0.05, 0) is 49.4 Å². The van der Waals surface area contributed by atoms with Crippen LogP contribution in [0.25, 0.3) is 10.2 Å². The maximum Gasteiger partial charge on any atom is 0.237 e. The number of rotatable bonds is 4. The molecule has 7 heteroatoms. The van der Waals surface area contributed by atoms with Crippen molar-refractivity contribution in [1.82, 2.24) is 4.98 Å². The fraction of sp³-hybridized carbons (Fsp3) is 0.125. The van der Waals surface area contributed by atoms with Crippen molar-refractivity contribution in [2.75, 3.05) is 5.32 Å². The number of nitrogens with zero attached hydrogens (tertiary/aromatic N) is 1. The molecule has 0 saturated heterocycles. The maximum absolute atomic E-state index is 12.9. The molecule has 0 spiro atoms. The molecule has 3 rings (SSSR count). The molecule has 1 amide bonds. The van der Waals surface area contributed by atoms with E-state index >= 15 is 0 Å². The predicted molar refractivity (Wildman–Crippen MR) is 95.0 cm³/mol. The Bertz CT molecular complexity index is 851. The summed E-state index contributed by atoms with van der Waals surface area (Å²) in [7, 11) is 0. The standard InChI is InChI=1S/C16H12ClFN2OS2/c1-9(15(21)19-12-5-3-11(18)4-6-12)22-16-20-13-8-10(17)2-7-14(13)23-16/h2-9H,1H3,(H,19,21)/t9-/m0/s1. The second kappa shape index (κ2) is 6.86. The Labute approximate surface area is 145 Å². The molecule has 0 aliphatic heterocycles. The SMILES string of the molecule is C[C@H](Sc1nc2cc(Cl)ccc2s1)C(=O)Nc1ccc(F)cc1. The number of halogens is 2. The number of fused-ring (bicyclic) bond motifs is 1. The van der Waals surface area contributed by atoms with Crippen molar-refractivity contribution in [3.8, 4) is 0 Å². The van der Waals surface area contributed by atoms with Crippen LogP contribution in [0.2, 0.25) is 5.02 Å². The predicted octanol–water partition coefficient (Wildman–Crippen LogP) is 5.21. The van der Waals surface area contributed by atoms with Crippen molar-refractivity contribution in [2.45, 2.75) is 16.5 Å². The molecule has 0 radical (unpaired) electrons. The Hall–Kier alpha value is -1.63. The number of aromatic nitrogens is 1. The molecule has 1 atom stereocenters. The number of carbonyl (C=O) groups excluding carboxylic acids is 1. The summed E-state index contributed by atoms with van der Waals surface area (Å²) in [5.41, 5.74) is 1.40. The van der Waals surface area contributed by atoms with E-state index in [4.69, 9.17) is 11.6 Å². The Balaban J connectivity index is 1.68. The van der Waals surface area contributed by atoms with Gasteiger partial charge in [0.15, 0.2) is 4.34 Å². The first-order valence-corrected chi connectivity index (χ1v) is 8.88. The van der Waals surface area contributed by atoms with Crippen LogP contribution in [0.1, 0.15) is 6.92 Å². The van der Waals surface area contributed by atoms with Gasteiger partial charge in [-0.3, -0.25) is 4.79 Å². The summed E-state index contributed by atoms with van der Waals surface area (Å²) < 4.78 is 14.7. The number of amides is 1. The zero-order valence-corrected chi connectivity index (χ0v) is 14.4. The average Bonchev–Trinajstić information content (AvgIpc) is 2.90. The van der Waals surface area contributed by atoms with Crippen LogP contribution < -0.4 is 5.32 Å². The van der Waals surface area contributed by atoms with Gasteiger partial charge in [0, 0.05) is 10.7 Å². The quantitative estimate of drug-likeness (QED) is 0.644. The van der Waals surface area contributed by atoms with E-state index in [0.29, 0.717) is 10.7 Å². The number of thiazole rings is 1. The molecular weight excluding hydrogens is 355 g/mol. The van der Waals surface area contributed by atoms with E-state index in [1.54, 1.807) is 6.07 Å². The molecule has 0 aliphatic carbocycles. The first-order valence-electron chi connectivity index (χ1n) is 6.80. The molecule has 0 aliphatic rings. The van der Waals surface area contributed by atoms with Crippen molar-refractivity contribution < 1.29 is 9.18 Å². The lowest BCUT2D eigenvalue weighted by atomic mass is 10.3. The molecule has 3 aromatic rings. The number of hydrogen-bond acceptors (Lipinski definition) is 4. The maximum atomic E-state index is 12.9. The Morgan fingerprint density at radius 1 is 1.30 bits per heavy atom. The highest BCUT2D eigenvalue weighted by molar-refractivity contribution is 8.02. The molecule has 0 saturated carbocycles. The van der Waals surface area contributed by atoms with Gasteiger partial charge in [0.05, 0.1) is 15.5 Å². The molecular formula is C16H12ClFN2OS2. The van der Waals surface area contributed by atoms with Crippen LogP contribution in [0.15, 0.2) is 46.8 Å². The fourth-order valence-electron chi connectivity index (χ4n) is 1.91. The smallest absolute Gasteiger partial charge is 0.237 e. The molecule has 1 heterocycles. The lowest BCUT2D eigenvalue weighted by Crippen LogP contribution is -2.22. The van der Waals surface area contributed by atoms with Gasteiger partial charge >= 0.3 is 0 Å². The van der Waals surface area contributed by atoms with Gasteiger partial charge < -0.3 is 5.32 Å². The van der Waals surface area contributed by atoms with E-state index in [1.165, 1.54) is 47.4 Å². The van der Waals surface area contributed by atoms with E-state index in [0.717, 1.165) is 14.6 Å². The van der Waals surface area contributed by atoms with Gasteiger partial charge in [-0.1, -0.05) is 23.4 Å². The number of carbonyl (C=O) groups is 1. The average molecular weight is 367 g/mol. The molecule has 2 aromatic carbocycles. The third-order valence-corrected chi connectivity index (χ3v) is 5.55. The van der Waals surface area contributed by atoms with Crippen molar-refractivity contribution in [1.29, 1.82) is 0 Å². The van der Waals surface area contributed by atoms with Crippen LogP contribution in [0.4, 0.5) is 10.1 Å². The highest BCUT2D eigenvalue weighted by Crippen LogP contribution is 2.33. The second-order valence-corrected chi connectivity index (χ2v) is 7.90. The summed E-state index contributed by atoms with van der Waals surface area (Å²) in [5, 5.41) is 3.08. The monoisotopic (exact) mass is 366 g/mol. The number of hydrogen-bond donors (Lipinski definition) is 1. The van der Waals surface area contributed by atoms with Crippen molar-refractivity contribution in [3.05, 3.63) is 53.3 Å². The summed E-state index contributed by atoms with van der Waals surface area (Å²) in [5.74, 6) is -0.488. The van der Waals surface area contributed by atoms with Crippen LogP contribution in [0.5, 0.6) is 0 Å². The fourth-order valence-corrected chi connectivity index (χ4v) is 4.27. The zero-order chi connectivity index (χ0) is 16.4. The van der Waals surface area contributed by atoms with Gasteiger partial charge in [0.25, 0.3) is 0 Å². The lowest BCUT2D eigenvalue weighted by Gasteiger charge is -2.10. The Morgan fingerprint density at radius 2 is 2.04 bits per heavy atom. The largest absolute Gasteiger partial charge is 0.325 e. The van der Waals surface area contributed by atoms with Crippen LogP contribution in [0, 0.1) is 5.82 Å². The zero-order valence-electron chi connectivity index (χ0n) is 12.0. The molecule has 23 heavy (non-hydrogen) atoms. The van der Waals surface area contributed by atoms with Gasteiger partial charge in [-0.15, -0.1) is 11.3 Å². The van der Waals surface area contributed by atoms with Gasteiger partial charge in [-0.25, -0.2) is 9.37 Å². The van der Waals surface area contributed by atoms with Crippen LogP contribution in [0.3, 0.4) is 0 Å². The van der Waals surface area contributed by atoms with E-state index in [9.17, 15) is 9.18 Å². The van der Waals surface area contributed by atoms with Crippen molar-refractivity contribution in [3.63, 3.8) is 0 Å². The first kappa shape index (κ1) is 16.2. The van der Waals surface area contributed by atoms with E-state index in [2.05, 4.69) is 10.3 Å². The number of nitrogens with one attached hydrogen (secondary N) is 1. The van der Waals surface area contributed by atoms with Gasteiger partial charge in [0.2, 0.25) is 5.91 Å². The first-order chi connectivity index (χ1) is 11.0. The number of thioether (sulfide) groups is 1. The highest BCUT2D eigenvalue weighted by atomic mass is 35.5. The molecule has 0 unspecified atom stereocenters. The van der Waals surface area contributed by atoms with Crippen LogP contribution >= 0.6 is 34.7 Å². The molecule has 3 nitrogen and oxygen atoms in total. The molecule has 1 aromatic heterocycles. The normalized spacial score (nSPS) is 12.3. The number of anilines is 1. The third-order valence-electron chi connectivity index (χ3n) is 3.09. The molecule has 118 valence electrons. The summed E-state index contributed by atoms with van der Waals surface area (Å²) >= 11 is 8.86. The minimum atomic E-state index is -0.335. The summed E-state index contributed by atoms with van der Waals surface area (Å²) in [6.07, 6.45) is 0. The van der Waals surface area contributed by atoms with Crippen LogP contribution in [-0.2, 0) is 4.79 Å².